The summed E-state index contributed by atoms with van der Waals surface area (Å²) in [4.78, 5) is 35.1. The lowest BCUT2D eigenvalue weighted by molar-refractivity contribution is -0.119. The van der Waals surface area contributed by atoms with E-state index < -0.39 is 24.3 Å². The third-order valence-corrected chi connectivity index (χ3v) is 2.99. The predicted molar refractivity (Wildman–Crippen MR) is 84.1 cm³/mol. The average molecular weight is 333 g/mol. The second-order valence-corrected chi connectivity index (χ2v) is 4.88. The van der Waals surface area contributed by atoms with Gasteiger partial charge in [0.2, 0.25) is 0 Å². The number of ether oxygens (including phenoxy) is 1. The van der Waals surface area contributed by atoms with Crippen LogP contribution in [0.2, 0.25) is 0 Å². The normalized spacial score (nSPS) is 10.2. The minimum atomic E-state index is -0.844. The first-order valence-corrected chi connectivity index (χ1v) is 7.31. The maximum atomic E-state index is 13.4. The molecule has 2 rings (SSSR count). The number of nitrogens with one attached hydrogen (secondary N) is 1. The first-order valence-electron chi connectivity index (χ1n) is 7.31. The van der Waals surface area contributed by atoms with Crippen molar-refractivity contribution >= 4 is 17.6 Å². The second kappa shape index (κ2) is 8.00. The zero-order chi connectivity index (χ0) is 17.5. The van der Waals surface area contributed by atoms with Crippen molar-refractivity contribution in [2.24, 2.45) is 0 Å². The molecule has 0 aliphatic rings. The smallest absolute Gasteiger partial charge is 0.359 e. The predicted octanol–water partition coefficient (Wildman–Crippen LogP) is 1.59. The van der Waals surface area contributed by atoms with Gasteiger partial charge in [0.15, 0.2) is 12.3 Å². The van der Waals surface area contributed by atoms with E-state index in [9.17, 15) is 18.8 Å². The number of halogens is 1. The monoisotopic (exact) mass is 333 g/mol. The first kappa shape index (κ1) is 17.3. The molecule has 7 nitrogen and oxygen atoms in total. The van der Waals surface area contributed by atoms with Gasteiger partial charge < -0.3 is 10.1 Å². The first-order chi connectivity index (χ1) is 11.5. The summed E-state index contributed by atoms with van der Waals surface area (Å²) < 4.78 is 19.4. The number of amides is 1. The zero-order valence-electron chi connectivity index (χ0n) is 13.0. The Morgan fingerprint density at radius 1 is 1.25 bits per heavy atom. The number of hydrogen-bond donors (Lipinski definition) is 1. The van der Waals surface area contributed by atoms with Gasteiger partial charge in [0.05, 0.1) is 5.69 Å². The number of carbonyl (C=O) groups is 2. The summed E-state index contributed by atoms with van der Waals surface area (Å²) in [6.07, 6.45) is 0.677. The van der Waals surface area contributed by atoms with E-state index >= 15 is 0 Å². The van der Waals surface area contributed by atoms with Crippen LogP contribution >= 0.6 is 0 Å². The largest absolute Gasteiger partial charge is 0.451 e. The SMILES string of the molecule is CCCn1nc(C(=O)OCC(=O)Nc2ccccc2F)ccc1=O. The van der Waals surface area contributed by atoms with Crippen LogP contribution in [0.25, 0.3) is 0 Å². The van der Waals surface area contributed by atoms with Crippen molar-refractivity contribution in [2.45, 2.75) is 19.9 Å². The number of hydrogen-bond acceptors (Lipinski definition) is 5. The van der Waals surface area contributed by atoms with Crippen molar-refractivity contribution in [3.05, 3.63) is 58.3 Å². The number of rotatable bonds is 6. The molecule has 24 heavy (non-hydrogen) atoms. The van der Waals surface area contributed by atoms with Crippen molar-refractivity contribution in [1.82, 2.24) is 9.78 Å². The molecular formula is C16H16FN3O4. The lowest BCUT2D eigenvalue weighted by Crippen LogP contribution is -2.26. The molecule has 2 aromatic rings. The molecule has 0 saturated carbocycles. The number of para-hydroxylation sites is 1. The maximum absolute atomic E-state index is 13.4. The fraction of sp³-hybridized carbons (Fsp3) is 0.250. The Hall–Kier alpha value is -3.03. The van der Waals surface area contributed by atoms with Gasteiger partial charge in [-0.3, -0.25) is 9.59 Å². The van der Waals surface area contributed by atoms with E-state index in [0.29, 0.717) is 13.0 Å². The van der Waals surface area contributed by atoms with Gasteiger partial charge >= 0.3 is 5.97 Å². The van der Waals surface area contributed by atoms with Crippen LogP contribution in [0, 0.1) is 5.82 Å². The lowest BCUT2D eigenvalue weighted by Gasteiger charge is -2.08. The number of esters is 1. The minimum absolute atomic E-state index is 0.00632. The van der Waals surface area contributed by atoms with Gasteiger partial charge in [-0.05, 0) is 24.6 Å². The van der Waals surface area contributed by atoms with Gasteiger partial charge in [-0.25, -0.2) is 13.9 Å². The standard InChI is InChI=1S/C16H16FN3O4/c1-2-9-20-15(22)8-7-13(19-20)16(23)24-10-14(21)18-12-6-4-3-5-11(12)17/h3-8H,2,9-10H2,1H3,(H,18,21). The lowest BCUT2D eigenvalue weighted by atomic mass is 10.3. The Morgan fingerprint density at radius 2 is 2.00 bits per heavy atom. The van der Waals surface area contributed by atoms with E-state index in [2.05, 4.69) is 10.4 Å². The Labute approximate surface area is 137 Å². The summed E-state index contributed by atoms with van der Waals surface area (Å²) in [7, 11) is 0. The summed E-state index contributed by atoms with van der Waals surface area (Å²) in [5, 5.41) is 6.17. The number of benzene rings is 1. The molecule has 1 aromatic heterocycles. The fourth-order valence-corrected chi connectivity index (χ4v) is 1.88. The quantitative estimate of drug-likeness (QED) is 0.811. The fourth-order valence-electron chi connectivity index (χ4n) is 1.88. The van der Waals surface area contributed by atoms with Crippen molar-refractivity contribution in [3.8, 4) is 0 Å². The molecule has 1 aromatic carbocycles. The molecule has 0 unspecified atom stereocenters. The molecule has 8 heteroatoms. The third kappa shape index (κ3) is 4.48. The third-order valence-electron chi connectivity index (χ3n) is 2.99. The van der Waals surface area contributed by atoms with E-state index in [0.717, 1.165) is 4.68 Å². The van der Waals surface area contributed by atoms with E-state index in [-0.39, 0.29) is 16.9 Å². The van der Waals surface area contributed by atoms with Crippen molar-refractivity contribution < 1.29 is 18.7 Å². The Balaban J connectivity index is 1.95. The highest BCUT2D eigenvalue weighted by molar-refractivity contribution is 5.94. The molecule has 0 atom stereocenters. The molecule has 0 fully saturated rings. The highest BCUT2D eigenvalue weighted by atomic mass is 19.1. The number of aromatic nitrogens is 2. The molecule has 0 radical (unpaired) electrons. The van der Waals surface area contributed by atoms with Crippen LogP contribution in [-0.2, 0) is 16.1 Å². The van der Waals surface area contributed by atoms with Gasteiger partial charge in [0, 0.05) is 12.6 Å². The molecule has 0 aliphatic carbocycles. The van der Waals surface area contributed by atoms with Crippen LogP contribution < -0.4 is 10.9 Å². The Bertz CT molecular complexity index is 804. The summed E-state index contributed by atoms with van der Waals surface area (Å²) in [5.74, 6) is -2.12. The molecule has 0 saturated heterocycles. The van der Waals surface area contributed by atoms with E-state index in [1.807, 2.05) is 6.92 Å². The summed E-state index contributed by atoms with van der Waals surface area (Å²) >= 11 is 0. The molecular weight excluding hydrogens is 317 g/mol. The van der Waals surface area contributed by atoms with Crippen LogP contribution in [-0.4, -0.2) is 28.3 Å². The van der Waals surface area contributed by atoms with E-state index in [1.165, 1.54) is 30.3 Å². The van der Waals surface area contributed by atoms with Crippen LogP contribution in [0.1, 0.15) is 23.8 Å². The second-order valence-electron chi connectivity index (χ2n) is 4.88. The number of aryl methyl sites for hydroxylation is 1. The van der Waals surface area contributed by atoms with Crippen LogP contribution in [0.4, 0.5) is 10.1 Å². The van der Waals surface area contributed by atoms with Crippen LogP contribution in [0.5, 0.6) is 0 Å². The Kier molecular flexibility index (Phi) is 5.78. The Morgan fingerprint density at radius 3 is 2.71 bits per heavy atom. The number of anilines is 1. The molecule has 126 valence electrons. The van der Waals surface area contributed by atoms with Gasteiger partial charge in [-0.2, -0.15) is 5.10 Å². The van der Waals surface area contributed by atoms with Gasteiger partial charge in [0.25, 0.3) is 11.5 Å². The van der Waals surface area contributed by atoms with Crippen molar-refractivity contribution in [1.29, 1.82) is 0 Å². The molecule has 0 spiro atoms. The zero-order valence-corrected chi connectivity index (χ0v) is 13.0. The van der Waals surface area contributed by atoms with Crippen molar-refractivity contribution in [3.63, 3.8) is 0 Å². The topological polar surface area (TPSA) is 90.3 Å². The maximum Gasteiger partial charge on any atom is 0.359 e. The van der Waals surface area contributed by atoms with Crippen LogP contribution in [0.15, 0.2) is 41.2 Å². The molecule has 1 N–H and O–H groups in total. The summed E-state index contributed by atoms with van der Waals surface area (Å²) in [5.41, 5.74) is -0.416. The summed E-state index contributed by atoms with van der Waals surface area (Å²) in [6.45, 7) is 1.64. The highest BCUT2D eigenvalue weighted by Gasteiger charge is 2.14. The number of carbonyl (C=O) groups excluding carboxylic acids is 2. The van der Waals surface area contributed by atoms with E-state index in [1.54, 1.807) is 6.07 Å². The van der Waals surface area contributed by atoms with E-state index in [4.69, 9.17) is 4.74 Å². The van der Waals surface area contributed by atoms with Crippen LogP contribution in [0.3, 0.4) is 0 Å². The average Bonchev–Trinajstić information content (AvgIpc) is 2.57. The highest BCUT2D eigenvalue weighted by Crippen LogP contribution is 2.12. The molecule has 0 aliphatic heterocycles. The van der Waals surface area contributed by atoms with Gasteiger partial charge in [-0.1, -0.05) is 19.1 Å². The van der Waals surface area contributed by atoms with Gasteiger partial charge in [-0.15, -0.1) is 0 Å². The van der Waals surface area contributed by atoms with Crippen molar-refractivity contribution in [2.75, 3.05) is 11.9 Å². The molecule has 0 bridgehead atoms. The van der Waals surface area contributed by atoms with Gasteiger partial charge in [0.1, 0.15) is 5.82 Å². The minimum Gasteiger partial charge on any atom is -0.451 e. The summed E-state index contributed by atoms with van der Waals surface area (Å²) in [6, 6.07) is 8.07. The number of nitrogens with zero attached hydrogens (tertiary/aromatic N) is 2. The molecule has 1 amide bonds. The molecule has 1 heterocycles.